The predicted octanol–water partition coefficient (Wildman–Crippen LogP) is 0.366. The topological polar surface area (TPSA) is 77.2 Å². The van der Waals surface area contributed by atoms with Gasteiger partial charge in [0.15, 0.2) is 0 Å². The molecule has 1 heterocycles. The van der Waals surface area contributed by atoms with Gasteiger partial charge in [-0.1, -0.05) is 0 Å². The number of rotatable bonds is 5. The molecule has 5 nitrogen and oxygen atoms in total. The minimum absolute atomic E-state index is 0.0370. The first-order chi connectivity index (χ1) is 7.17. The smallest absolute Gasteiger partial charge is 0.271 e. The first-order valence-corrected chi connectivity index (χ1v) is 5.49. The lowest BCUT2D eigenvalue weighted by Crippen LogP contribution is -2.37. The van der Waals surface area contributed by atoms with E-state index in [1.54, 1.807) is 12.5 Å². The molecule has 0 fully saturated rings. The summed E-state index contributed by atoms with van der Waals surface area (Å²) in [6.45, 7) is 2.70. The van der Waals surface area contributed by atoms with Crippen LogP contribution >= 0.6 is 11.3 Å². The summed E-state index contributed by atoms with van der Waals surface area (Å²) >= 11 is 1.41. The van der Waals surface area contributed by atoms with Crippen molar-refractivity contribution in [3.8, 4) is 0 Å². The highest BCUT2D eigenvalue weighted by Gasteiger charge is 2.12. The Morgan fingerprint density at radius 3 is 3.13 bits per heavy atom. The van der Waals surface area contributed by atoms with Crippen LogP contribution in [0.15, 0.2) is 5.38 Å². The van der Waals surface area contributed by atoms with Gasteiger partial charge in [-0.25, -0.2) is 4.98 Å². The molecule has 1 rings (SSSR count). The van der Waals surface area contributed by atoms with Crippen molar-refractivity contribution in [3.05, 3.63) is 16.1 Å². The lowest BCUT2D eigenvalue weighted by Gasteiger charge is -2.09. The van der Waals surface area contributed by atoms with Gasteiger partial charge >= 0.3 is 0 Å². The number of ether oxygens (including phenoxy) is 1. The molecular weight excluding hydrogens is 214 g/mol. The van der Waals surface area contributed by atoms with Crippen molar-refractivity contribution in [2.45, 2.75) is 19.6 Å². The maximum Gasteiger partial charge on any atom is 0.271 e. The normalized spacial score (nSPS) is 12.5. The van der Waals surface area contributed by atoms with E-state index in [1.165, 1.54) is 11.3 Å². The molecule has 0 radical (unpaired) electrons. The number of nitrogens with zero attached hydrogens (tertiary/aromatic N) is 1. The molecule has 3 N–H and O–H groups in total. The maximum absolute atomic E-state index is 11.6. The highest BCUT2D eigenvalue weighted by atomic mass is 32.1. The van der Waals surface area contributed by atoms with E-state index < -0.39 is 0 Å². The van der Waals surface area contributed by atoms with Crippen LogP contribution in [0.25, 0.3) is 0 Å². The SMILES string of the molecule is COCc1nc(C(=O)N[C@@H](C)CN)cs1. The molecule has 0 aliphatic heterocycles. The summed E-state index contributed by atoms with van der Waals surface area (Å²) < 4.78 is 4.92. The van der Waals surface area contributed by atoms with Crippen molar-refractivity contribution in [3.63, 3.8) is 0 Å². The molecule has 0 aliphatic rings. The molecule has 0 aromatic carbocycles. The molecule has 1 atom stereocenters. The van der Waals surface area contributed by atoms with Gasteiger partial charge in [0, 0.05) is 25.1 Å². The first-order valence-electron chi connectivity index (χ1n) is 4.61. The van der Waals surface area contributed by atoms with E-state index in [-0.39, 0.29) is 11.9 Å². The lowest BCUT2D eigenvalue weighted by molar-refractivity contribution is 0.0936. The number of hydrogen-bond donors (Lipinski definition) is 2. The fourth-order valence-electron chi connectivity index (χ4n) is 0.962. The van der Waals surface area contributed by atoms with Crippen LogP contribution in [-0.4, -0.2) is 30.6 Å². The zero-order valence-corrected chi connectivity index (χ0v) is 9.63. The summed E-state index contributed by atoms with van der Waals surface area (Å²) in [4.78, 5) is 15.7. The lowest BCUT2D eigenvalue weighted by atomic mass is 10.3. The summed E-state index contributed by atoms with van der Waals surface area (Å²) in [5.41, 5.74) is 5.82. The standard InChI is InChI=1S/C9H15N3O2S/c1-6(3-10)11-9(13)7-5-15-8(12-7)4-14-2/h5-6H,3-4,10H2,1-2H3,(H,11,13)/t6-/m0/s1. The van der Waals surface area contributed by atoms with E-state index in [0.717, 1.165) is 5.01 Å². The van der Waals surface area contributed by atoms with Gasteiger partial charge in [0.05, 0.1) is 6.61 Å². The van der Waals surface area contributed by atoms with E-state index in [9.17, 15) is 4.79 Å². The van der Waals surface area contributed by atoms with Crippen LogP contribution < -0.4 is 11.1 Å². The zero-order valence-electron chi connectivity index (χ0n) is 8.82. The average molecular weight is 229 g/mol. The Bertz CT molecular complexity index is 327. The van der Waals surface area contributed by atoms with Gasteiger partial charge in [-0.15, -0.1) is 11.3 Å². The molecule has 84 valence electrons. The van der Waals surface area contributed by atoms with Gasteiger partial charge in [0.1, 0.15) is 10.7 Å². The van der Waals surface area contributed by atoms with Gasteiger partial charge in [-0.2, -0.15) is 0 Å². The fourth-order valence-corrected chi connectivity index (χ4v) is 1.71. The molecule has 1 aromatic heterocycles. The van der Waals surface area contributed by atoms with Crippen molar-refractivity contribution in [2.75, 3.05) is 13.7 Å². The van der Waals surface area contributed by atoms with Gasteiger partial charge < -0.3 is 15.8 Å². The van der Waals surface area contributed by atoms with E-state index in [0.29, 0.717) is 18.8 Å². The maximum atomic E-state index is 11.6. The number of thiazole rings is 1. The van der Waals surface area contributed by atoms with E-state index >= 15 is 0 Å². The largest absolute Gasteiger partial charge is 0.378 e. The van der Waals surface area contributed by atoms with Gasteiger partial charge in [-0.05, 0) is 6.92 Å². The molecule has 0 unspecified atom stereocenters. The van der Waals surface area contributed by atoms with E-state index in [4.69, 9.17) is 10.5 Å². The van der Waals surface area contributed by atoms with Crippen LogP contribution in [0.5, 0.6) is 0 Å². The van der Waals surface area contributed by atoms with Crippen molar-refractivity contribution in [2.24, 2.45) is 5.73 Å². The Morgan fingerprint density at radius 2 is 2.53 bits per heavy atom. The van der Waals surface area contributed by atoms with E-state index in [2.05, 4.69) is 10.3 Å². The number of nitrogens with two attached hydrogens (primary N) is 1. The second kappa shape index (κ2) is 5.79. The summed E-state index contributed by atoms with van der Waals surface area (Å²) in [5, 5.41) is 5.25. The molecule has 0 aliphatic carbocycles. The highest BCUT2D eigenvalue weighted by Crippen LogP contribution is 2.10. The Morgan fingerprint density at radius 1 is 1.80 bits per heavy atom. The number of aromatic nitrogens is 1. The minimum atomic E-state index is -0.188. The third-order valence-corrected chi connectivity index (χ3v) is 2.61. The summed E-state index contributed by atoms with van der Waals surface area (Å²) in [5.74, 6) is -0.188. The average Bonchev–Trinajstić information content (AvgIpc) is 2.67. The fraction of sp³-hybridized carbons (Fsp3) is 0.556. The van der Waals surface area contributed by atoms with Crippen LogP contribution in [0.1, 0.15) is 22.4 Å². The number of carbonyl (C=O) groups is 1. The van der Waals surface area contributed by atoms with Gasteiger partial charge in [-0.3, -0.25) is 4.79 Å². The monoisotopic (exact) mass is 229 g/mol. The Balaban J connectivity index is 2.58. The second-order valence-electron chi connectivity index (χ2n) is 3.17. The molecule has 0 spiro atoms. The second-order valence-corrected chi connectivity index (χ2v) is 4.11. The van der Waals surface area contributed by atoms with Crippen molar-refractivity contribution < 1.29 is 9.53 Å². The Hall–Kier alpha value is -0.980. The van der Waals surface area contributed by atoms with Gasteiger partial charge in [0.2, 0.25) is 0 Å². The Kier molecular flexibility index (Phi) is 4.67. The molecule has 6 heteroatoms. The number of amides is 1. The van der Waals surface area contributed by atoms with Crippen LogP contribution in [0.3, 0.4) is 0 Å². The number of nitrogens with one attached hydrogen (secondary N) is 1. The number of hydrogen-bond acceptors (Lipinski definition) is 5. The molecule has 0 bridgehead atoms. The number of methoxy groups -OCH3 is 1. The van der Waals surface area contributed by atoms with Gasteiger partial charge in [0.25, 0.3) is 5.91 Å². The molecule has 1 aromatic rings. The quantitative estimate of drug-likeness (QED) is 0.764. The molecular formula is C9H15N3O2S. The summed E-state index contributed by atoms with van der Waals surface area (Å²) in [7, 11) is 1.59. The number of carbonyl (C=O) groups excluding carboxylic acids is 1. The van der Waals surface area contributed by atoms with Crippen LogP contribution in [-0.2, 0) is 11.3 Å². The van der Waals surface area contributed by atoms with Crippen molar-refractivity contribution >= 4 is 17.2 Å². The molecule has 0 saturated carbocycles. The summed E-state index contributed by atoms with van der Waals surface area (Å²) in [6.07, 6.45) is 0. The third kappa shape index (κ3) is 3.58. The highest BCUT2D eigenvalue weighted by molar-refractivity contribution is 7.09. The van der Waals surface area contributed by atoms with Crippen LogP contribution in [0, 0.1) is 0 Å². The van der Waals surface area contributed by atoms with Crippen molar-refractivity contribution in [1.82, 2.24) is 10.3 Å². The van der Waals surface area contributed by atoms with Crippen molar-refractivity contribution in [1.29, 1.82) is 0 Å². The zero-order chi connectivity index (χ0) is 11.3. The van der Waals surface area contributed by atoms with Crippen LogP contribution in [0.2, 0.25) is 0 Å². The first kappa shape index (κ1) is 12.1. The molecule has 0 saturated heterocycles. The predicted molar refractivity (Wildman–Crippen MR) is 58.8 cm³/mol. The minimum Gasteiger partial charge on any atom is -0.378 e. The Labute approximate surface area is 92.6 Å². The van der Waals surface area contributed by atoms with Crippen LogP contribution in [0.4, 0.5) is 0 Å². The third-order valence-electron chi connectivity index (χ3n) is 1.78. The van der Waals surface area contributed by atoms with E-state index in [1.807, 2.05) is 6.92 Å². The summed E-state index contributed by atoms with van der Waals surface area (Å²) in [6, 6.07) is -0.0370. The molecule has 15 heavy (non-hydrogen) atoms. The molecule has 1 amide bonds.